The van der Waals surface area contributed by atoms with Crippen LogP contribution in [0.4, 0.5) is 0 Å². The van der Waals surface area contributed by atoms with Gasteiger partial charge >= 0.3 is 5.97 Å². The Morgan fingerprint density at radius 2 is 2.40 bits per heavy atom. The topological polar surface area (TPSA) is 46.5 Å². The second-order valence-electron chi connectivity index (χ2n) is 4.60. The van der Waals surface area contributed by atoms with Crippen molar-refractivity contribution in [2.75, 3.05) is 5.75 Å². The summed E-state index contributed by atoms with van der Waals surface area (Å²) < 4.78 is 5.17. The summed E-state index contributed by atoms with van der Waals surface area (Å²) in [5, 5.41) is 9.31. The van der Waals surface area contributed by atoms with E-state index in [0.29, 0.717) is 12.5 Å². The van der Waals surface area contributed by atoms with Crippen LogP contribution in [0.2, 0.25) is 0 Å². The molecule has 0 saturated carbocycles. The van der Waals surface area contributed by atoms with Crippen LogP contribution < -0.4 is 0 Å². The van der Waals surface area contributed by atoms with E-state index in [1.807, 2.05) is 0 Å². The monoisotopic (exact) mass is 230 g/mol. The molecule has 2 rings (SSSR count). The largest absolute Gasteiger partial charge is 0.480 e. The molecular weight excluding hydrogens is 212 g/mol. The molecule has 0 radical (unpaired) electrons. The van der Waals surface area contributed by atoms with Gasteiger partial charge in [0.25, 0.3) is 0 Å². The van der Waals surface area contributed by atoms with Crippen LogP contribution in [0.25, 0.3) is 0 Å². The van der Waals surface area contributed by atoms with Crippen molar-refractivity contribution in [2.45, 2.75) is 56.0 Å². The van der Waals surface area contributed by atoms with E-state index >= 15 is 0 Å². The van der Waals surface area contributed by atoms with Gasteiger partial charge in [0.05, 0.1) is 12.2 Å². The second-order valence-corrected chi connectivity index (χ2v) is 6.08. The van der Waals surface area contributed by atoms with Gasteiger partial charge in [0.1, 0.15) is 4.75 Å². The maximum atomic E-state index is 11.3. The number of thioether (sulfide) groups is 1. The van der Waals surface area contributed by atoms with Gasteiger partial charge in [-0.15, -0.1) is 11.8 Å². The molecule has 1 N–H and O–H groups in total. The van der Waals surface area contributed by atoms with Crippen molar-refractivity contribution in [3.05, 3.63) is 0 Å². The number of hydrogen-bond acceptors (Lipinski definition) is 3. The first kappa shape index (κ1) is 11.3. The van der Waals surface area contributed by atoms with Crippen molar-refractivity contribution in [3.63, 3.8) is 0 Å². The minimum atomic E-state index is -0.645. The third-order valence-electron chi connectivity index (χ3n) is 3.37. The summed E-state index contributed by atoms with van der Waals surface area (Å²) >= 11 is 1.61. The Morgan fingerprint density at radius 3 is 2.87 bits per heavy atom. The first-order valence-electron chi connectivity index (χ1n) is 5.65. The highest BCUT2D eigenvalue weighted by molar-refractivity contribution is 8.01. The molecule has 2 aliphatic rings. The van der Waals surface area contributed by atoms with Gasteiger partial charge in [0.15, 0.2) is 0 Å². The van der Waals surface area contributed by atoms with Crippen molar-refractivity contribution >= 4 is 17.7 Å². The lowest BCUT2D eigenvalue weighted by molar-refractivity contribution is -0.141. The highest BCUT2D eigenvalue weighted by Gasteiger charge is 2.45. The molecule has 3 unspecified atom stereocenters. The molecule has 0 aromatic rings. The molecule has 3 nitrogen and oxygen atoms in total. The fourth-order valence-corrected chi connectivity index (χ4v) is 3.91. The first-order chi connectivity index (χ1) is 7.12. The number of rotatable bonds is 3. The smallest absolute Gasteiger partial charge is 0.319 e. The Hall–Kier alpha value is -0.220. The van der Waals surface area contributed by atoms with Crippen LogP contribution in [-0.4, -0.2) is 33.8 Å². The molecule has 2 saturated heterocycles. The molecule has 2 aliphatic heterocycles. The Balaban J connectivity index is 1.98. The molecule has 3 atom stereocenters. The molecule has 0 bridgehead atoms. The zero-order valence-electron chi connectivity index (χ0n) is 9.07. The van der Waals surface area contributed by atoms with Crippen molar-refractivity contribution in [1.82, 2.24) is 0 Å². The molecule has 0 aromatic carbocycles. The lowest BCUT2D eigenvalue weighted by Crippen LogP contribution is -2.36. The summed E-state index contributed by atoms with van der Waals surface area (Å²) in [6, 6.07) is 0. The summed E-state index contributed by atoms with van der Waals surface area (Å²) in [6.45, 7) is 2.06. The summed E-state index contributed by atoms with van der Waals surface area (Å²) in [6.07, 6.45) is 5.11. The number of ether oxygens (including phenoxy) is 1. The van der Waals surface area contributed by atoms with Crippen molar-refractivity contribution in [3.8, 4) is 0 Å². The van der Waals surface area contributed by atoms with Gasteiger partial charge in [0, 0.05) is 0 Å². The van der Waals surface area contributed by atoms with Crippen molar-refractivity contribution in [2.24, 2.45) is 0 Å². The lowest BCUT2D eigenvalue weighted by Gasteiger charge is -2.26. The minimum absolute atomic E-state index is 0.168. The zero-order chi connectivity index (χ0) is 10.9. The van der Waals surface area contributed by atoms with Crippen LogP contribution in [0.3, 0.4) is 0 Å². The number of carboxylic acids is 1. The van der Waals surface area contributed by atoms with Crippen molar-refractivity contribution in [1.29, 1.82) is 0 Å². The first-order valence-corrected chi connectivity index (χ1v) is 6.64. The van der Waals surface area contributed by atoms with Crippen LogP contribution in [0.15, 0.2) is 0 Å². The SMILES string of the molecule is CC1CCC(CC2(C(=O)O)CCCS2)O1. The molecule has 15 heavy (non-hydrogen) atoms. The summed E-state index contributed by atoms with van der Waals surface area (Å²) in [7, 11) is 0. The van der Waals surface area contributed by atoms with Gasteiger partial charge in [-0.05, 0) is 44.8 Å². The maximum Gasteiger partial charge on any atom is 0.319 e. The molecule has 0 aliphatic carbocycles. The molecule has 4 heteroatoms. The molecule has 2 fully saturated rings. The van der Waals surface area contributed by atoms with E-state index < -0.39 is 10.7 Å². The molecule has 2 heterocycles. The van der Waals surface area contributed by atoms with Gasteiger partial charge in [-0.1, -0.05) is 0 Å². The predicted molar refractivity (Wildman–Crippen MR) is 60.2 cm³/mol. The third-order valence-corrected chi connectivity index (χ3v) is 4.96. The third kappa shape index (κ3) is 2.31. The normalized spacial score (nSPS) is 40.9. The number of hydrogen-bond donors (Lipinski definition) is 1. The Morgan fingerprint density at radius 1 is 1.60 bits per heavy atom. The Labute approximate surface area is 94.6 Å². The Bertz CT molecular complexity index is 248. The van der Waals surface area contributed by atoms with Crippen LogP contribution in [-0.2, 0) is 9.53 Å². The molecule has 0 amide bonds. The summed E-state index contributed by atoms with van der Waals surface area (Å²) in [4.78, 5) is 11.3. The van der Waals surface area contributed by atoms with E-state index in [1.54, 1.807) is 11.8 Å². The van der Waals surface area contributed by atoms with Crippen LogP contribution in [0.5, 0.6) is 0 Å². The second kappa shape index (κ2) is 4.34. The predicted octanol–water partition coefficient (Wildman–Crippen LogP) is 2.29. The van der Waals surface area contributed by atoms with Crippen LogP contribution >= 0.6 is 11.8 Å². The van der Waals surface area contributed by atoms with E-state index in [4.69, 9.17) is 4.74 Å². The standard InChI is InChI=1S/C11H18O3S/c1-8-3-4-9(14-8)7-11(10(12)13)5-2-6-15-11/h8-9H,2-7H2,1H3,(H,12,13). The average molecular weight is 230 g/mol. The highest BCUT2D eigenvalue weighted by atomic mass is 32.2. The molecular formula is C11H18O3S. The van der Waals surface area contributed by atoms with Crippen LogP contribution in [0, 0.1) is 0 Å². The summed E-state index contributed by atoms with van der Waals surface area (Å²) in [5.41, 5.74) is 0. The highest BCUT2D eigenvalue weighted by Crippen LogP contribution is 2.44. The van der Waals surface area contributed by atoms with E-state index in [9.17, 15) is 9.90 Å². The minimum Gasteiger partial charge on any atom is -0.480 e. The van der Waals surface area contributed by atoms with Gasteiger partial charge in [-0.3, -0.25) is 4.79 Å². The van der Waals surface area contributed by atoms with E-state index in [2.05, 4.69) is 6.92 Å². The van der Waals surface area contributed by atoms with Gasteiger partial charge in [-0.25, -0.2) is 0 Å². The zero-order valence-corrected chi connectivity index (χ0v) is 9.89. The van der Waals surface area contributed by atoms with E-state index in [1.165, 1.54) is 0 Å². The van der Waals surface area contributed by atoms with E-state index in [-0.39, 0.29) is 6.10 Å². The van der Waals surface area contributed by atoms with Gasteiger partial charge in [0.2, 0.25) is 0 Å². The van der Waals surface area contributed by atoms with Gasteiger partial charge < -0.3 is 9.84 Å². The fraction of sp³-hybridized carbons (Fsp3) is 0.909. The average Bonchev–Trinajstić information content (AvgIpc) is 2.77. The maximum absolute atomic E-state index is 11.3. The van der Waals surface area contributed by atoms with Crippen LogP contribution in [0.1, 0.15) is 39.0 Å². The number of aliphatic carboxylic acids is 1. The fourth-order valence-electron chi connectivity index (χ4n) is 2.52. The van der Waals surface area contributed by atoms with E-state index in [0.717, 1.165) is 31.4 Å². The lowest BCUT2D eigenvalue weighted by atomic mass is 9.95. The Kier molecular flexibility index (Phi) is 3.26. The van der Waals surface area contributed by atoms with Crippen molar-refractivity contribution < 1.29 is 14.6 Å². The molecule has 0 aromatic heterocycles. The quantitative estimate of drug-likeness (QED) is 0.808. The van der Waals surface area contributed by atoms with Gasteiger partial charge in [-0.2, -0.15) is 0 Å². The summed E-state index contributed by atoms with van der Waals surface area (Å²) in [5.74, 6) is 0.335. The molecule has 86 valence electrons. The molecule has 0 spiro atoms. The number of carbonyl (C=O) groups is 1. The number of carboxylic acid groups (broad SMARTS) is 1.